The van der Waals surface area contributed by atoms with Crippen LogP contribution in [-0.4, -0.2) is 46.7 Å². The van der Waals surface area contributed by atoms with E-state index in [1.165, 1.54) is 25.5 Å². The number of likely N-dealkylation sites (tertiary alicyclic amines) is 1. The number of hydrogen-bond acceptors (Lipinski definition) is 6. The molecule has 6 nitrogen and oxygen atoms in total. The Morgan fingerprint density at radius 2 is 2.15 bits per heavy atom. The summed E-state index contributed by atoms with van der Waals surface area (Å²) >= 11 is 0. The van der Waals surface area contributed by atoms with Gasteiger partial charge in [0.25, 0.3) is 5.89 Å². The highest BCUT2D eigenvalue weighted by Crippen LogP contribution is 2.24. The minimum atomic E-state index is -0.379. The van der Waals surface area contributed by atoms with E-state index in [4.69, 9.17) is 4.52 Å². The lowest BCUT2D eigenvalue weighted by molar-refractivity contribution is 0.217. The van der Waals surface area contributed by atoms with Gasteiger partial charge in [-0.25, -0.2) is 9.37 Å². The summed E-state index contributed by atoms with van der Waals surface area (Å²) in [6, 6.07) is 10.1. The summed E-state index contributed by atoms with van der Waals surface area (Å²) in [5, 5.41) is 7.27. The van der Waals surface area contributed by atoms with Crippen LogP contribution in [0.25, 0.3) is 22.8 Å². The van der Waals surface area contributed by atoms with Crippen molar-refractivity contribution in [2.45, 2.75) is 12.8 Å². The number of nitrogens with one attached hydrogen (secondary N) is 1. The van der Waals surface area contributed by atoms with Gasteiger partial charge in [-0.2, -0.15) is 4.98 Å². The molecule has 4 rings (SSSR count). The fourth-order valence-electron chi connectivity index (χ4n) is 3.41. The van der Waals surface area contributed by atoms with Crippen molar-refractivity contribution in [1.29, 1.82) is 0 Å². The van der Waals surface area contributed by atoms with Crippen molar-refractivity contribution in [3.63, 3.8) is 0 Å². The number of piperidine rings is 1. The van der Waals surface area contributed by atoms with E-state index in [9.17, 15) is 4.39 Å². The second-order valence-corrected chi connectivity index (χ2v) is 6.99. The molecule has 3 aromatic rings. The van der Waals surface area contributed by atoms with Crippen LogP contribution < -0.4 is 5.32 Å². The second kappa shape index (κ2) is 7.84. The summed E-state index contributed by atoms with van der Waals surface area (Å²) in [5.41, 5.74) is 1.02. The van der Waals surface area contributed by atoms with Gasteiger partial charge in [-0.15, -0.1) is 0 Å². The first kappa shape index (κ1) is 17.6. The summed E-state index contributed by atoms with van der Waals surface area (Å²) in [5.74, 6) is 1.63. The average Bonchev–Trinajstić information content (AvgIpc) is 3.17. The van der Waals surface area contributed by atoms with Gasteiger partial charge in [-0.05, 0) is 56.6 Å². The summed E-state index contributed by atoms with van der Waals surface area (Å²) in [6.07, 6.45) is 4.18. The molecule has 1 aliphatic heterocycles. The van der Waals surface area contributed by atoms with Crippen molar-refractivity contribution in [1.82, 2.24) is 20.0 Å². The van der Waals surface area contributed by atoms with Crippen molar-refractivity contribution < 1.29 is 8.91 Å². The number of rotatable bonds is 5. The predicted octanol–water partition coefficient (Wildman–Crippen LogP) is 3.69. The Morgan fingerprint density at radius 1 is 1.26 bits per heavy atom. The van der Waals surface area contributed by atoms with Gasteiger partial charge in [0.15, 0.2) is 0 Å². The normalized spacial score (nSPS) is 17.8. The van der Waals surface area contributed by atoms with Crippen LogP contribution in [0.2, 0.25) is 0 Å². The predicted molar refractivity (Wildman–Crippen MR) is 102 cm³/mol. The largest absolute Gasteiger partial charge is 0.370 e. The fraction of sp³-hybridized carbons (Fsp3) is 0.350. The number of nitrogens with zero attached hydrogens (tertiary/aromatic N) is 4. The maximum atomic E-state index is 13.9. The quantitative estimate of drug-likeness (QED) is 0.742. The van der Waals surface area contributed by atoms with Crippen LogP contribution in [0.3, 0.4) is 0 Å². The Morgan fingerprint density at radius 3 is 2.93 bits per heavy atom. The van der Waals surface area contributed by atoms with E-state index in [0.29, 0.717) is 22.9 Å². The molecule has 0 spiro atoms. The lowest BCUT2D eigenvalue weighted by Gasteiger charge is -2.29. The van der Waals surface area contributed by atoms with E-state index in [-0.39, 0.29) is 11.6 Å². The summed E-state index contributed by atoms with van der Waals surface area (Å²) in [6.45, 7) is 3.21. The molecule has 1 saturated heterocycles. The zero-order valence-corrected chi connectivity index (χ0v) is 15.2. The molecular weight excluding hydrogens is 345 g/mol. The molecule has 1 fully saturated rings. The first-order valence-corrected chi connectivity index (χ1v) is 9.16. The smallest absolute Gasteiger partial charge is 0.259 e. The molecule has 1 atom stereocenters. The van der Waals surface area contributed by atoms with Crippen LogP contribution >= 0.6 is 0 Å². The van der Waals surface area contributed by atoms with Gasteiger partial charge in [0, 0.05) is 19.3 Å². The third kappa shape index (κ3) is 4.14. The van der Waals surface area contributed by atoms with E-state index < -0.39 is 0 Å². The number of hydrogen-bond donors (Lipinski definition) is 1. The summed E-state index contributed by atoms with van der Waals surface area (Å²) in [7, 11) is 2.17. The lowest BCUT2D eigenvalue weighted by atomic mass is 9.98. The Bertz CT molecular complexity index is 895. The monoisotopic (exact) mass is 367 g/mol. The second-order valence-electron chi connectivity index (χ2n) is 6.99. The molecule has 0 bridgehead atoms. The van der Waals surface area contributed by atoms with Crippen LogP contribution in [-0.2, 0) is 0 Å². The summed E-state index contributed by atoms with van der Waals surface area (Å²) < 4.78 is 19.1. The molecule has 7 heteroatoms. The lowest BCUT2D eigenvalue weighted by Crippen LogP contribution is -2.35. The molecule has 1 N–H and O–H groups in total. The van der Waals surface area contributed by atoms with Crippen molar-refractivity contribution in [2.24, 2.45) is 5.92 Å². The van der Waals surface area contributed by atoms with Crippen molar-refractivity contribution >= 4 is 5.82 Å². The van der Waals surface area contributed by atoms with Gasteiger partial charge < -0.3 is 14.7 Å². The molecule has 140 valence electrons. The Kier molecular flexibility index (Phi) is 5.11. The van der Waals surface area contributed by atoms with E-state index in [1.807, 2.05) is 12.1 Å². The third-order valence-electron chi connectivity index (χ3n) is 4.85. The van der Waals surface area contributed by atoms with Crippen LogP contribution in [0, 0.1) is 11.7 Å². The van der Waals surface area contributed by atoms with Gasteiger partial charge in [-0.3, -0.25) is 0 Å². The highest BCUT2D eigenvalue weighted by molar-refractivity contribution is 5.60. The molecular formula is C20H22FN5O. The standard InChI is InChI=1S/C20H22FN5O/c1-26-10-4-5-14(13-26)11-22-18-9-8-15(12-23-18)20-24-19(25-27-20)16-6-2-3-7-17(16)21/h2-3,6-9,12,14H,4-5,10-11,13H2,1H3,(H,22,23). The van der Waals surface area contributed by atoms with E-state index in [2.05, 4.69) is 32.4 Å². The molecule has 1 aromatic carbocycles. The Balaban J connectivity index is 1.41. The van der Waals surface area contributed by atoms with Crippen LogP contribution in [0.1, 0.15) is 12.8 Å². The Labute approximate surface area is 157 Å². The van der Waals surface area contributed by atoms with Crippen molar-refractivity contribution in [3.05, 3.63) is 48.4 Å². The molecule has 1 unspecified atom stereocenters. The highest BCUT2D eigenvalue weighted by atomic mass is 19.1. The molecule has 1 aliphatic rings. The number of benzene rings is 1. The highest BCUT2D eigenvalue weighted by Gasteiger charge is 2.17. The first-order chi connectivity index (χ1) is 13.2. The number of aromatic nitrogens is 3. The third-order valence-corrected chi connectivity index (χ3v) is 4.85. The molecule has 0 amide bonds. The van der Waals surface area contributed by atoms with Gasteiger partial charge in [0.05, 0.1) is 11.1 Å². The first-order valence-electron chi connectivity index (χ1n) is 9.16. The molecule has 0 aliphatic carbocycles. The fourth-order valence-corrected chi connectivity index (χ4v) is 3.41. The molecule has 0 radical (unpaired) electrons. The van der Waals surface area contributed by atoms with Gasteiger partial charge in [0.1, 0.15) is 11.6 Å². The molecule has 0 saturated carbocycles. The van der Waals surface area contributed by atoms with Crippen LogP contribution in [0.5, 0.6) is 0 Å². The maximum absolute atomic E-state index is 13.9. The SMILES string of the molecule is CN1CCCC(CNc2ccc(-c3nc(-c4ccccc4F)no3)cn2)C1. The number of halogens is 1. The van der Waals surface area contributed by atoms with Gasteiger partial charge >= 0.3 is 0 Å². The van der Waals surface area contributed by atoms with Crippen molar-refractivity contribution in [3.8, 4) is 22.8 Å². The molecule has 2 aromatic heterocycles. The van der Waals surface area contributed by atoms with Crippen LogP contribution in [0.4, 0.5) is 10.2 Å². The van der Waals surface area contributed by atoms with Gasteiger partial charge in [-0.1, -0.05) is 17.3 Å². The van der Waals surface area contributed by atoms with Crippen molar-refractivity contribution in [2.75, 3.05) is 32.0 Å². The number of pyridine rings is 1. The van der Waals surface area contributed by atoms with E-state index >= 15 is 0 Å². The van der Waals surface area contributed by atoms with Crippen LogP contribution in [0.15, 0.2) is 47.1 Å². The van der Waals surface area contributed by atoms with E-state index in [0.717, 1.165) is 18.9 Å². The maximum Gasteiger partial charge on any atom is 0.259 e. The minimum Gasteiger partial charge on any atom is -0.370 e. The zero-order valence-electron chi connectivity index (χ0n) is 15.2. The zero-order chi connectivity index (χ0) is 18.6. The number of anilines is 1. The Hall–Kier alpha value is -2.80. The topological polar surface area (TPSA) is 67.1 Å². The molecule has 27 heavy (non-hydrogen) atoms. The summed E-state index contributed by atoms with van der Waals surface area (Å²) in [4.78, 5) is 11.1. The van der Waals surface area contributed by atoms with E-state index in [1.54, 1.807) is 24.4 Å². The average molecular weight is 367 g/mol. The minimum absolute atomic E-state index is 0.228. The molecule has 3 heterocycles. The van der Waals surface area contributed by atoms with Gasteiger partial charge in [0.2, 0.25) is 5.82 Å².